The highest BCUT2D eigenvalue weighted by molar-refractivity contribution is 5.68. The van der Waals surface area contributed by atoms with Crippen LogP contribution in [0.4, 0.5) is 4.79 Å². The molecule has 0 N–H and O–H groups in total. The molecule has 1 atom stereocenters. The van der Waals surface area contributed by atoms with Gasteiger partial charge in [-0.1, -0.05) is 13.8 Å². The molecule has 84 valence electrons. The van der Waals surface area contributed by atoms with E-state index in [0.717, 1.165) is 0 Å². The lowest BCUT2D eigenvalue weighted by Crippen LogP contribution is -2.47. The van der Waals surface area contributed by atoms with Crippen molar-refractivity contribution in [3.8, 4) is 0 Å². The topological polar surface area (TPSA) is 38.8 Å². The fourth-order valence-electron chi connectivity index (χ4n) is 1.20. The highest BCUT2D eigenvalue weighted by Crippen LogP contribution is 2.07. The minimum absolute atomic E-state index is 0.137. The van der Waals surface area contributed by atoms with Crippen LogP contribution in [0.1, 0.15) is 27.7 Å². The summed E-state index contributed by atoms with van der Waals surface area (Å²) < 4.78 is 10.1. The number of hydrogen-bond acceptors (Lipinski definition) is 3. The number of carbonyl (C=O) groups is 1. The number of nitrogens with zero attached hydrogens (tertiary/aromatic N) is 1. The highest BCUT2D eigenvalue weighted by atomic mass is 16.6. The van der Waals surface area contributed by atoms with Gasteiger partial charge in [0.15, 0.2) is 0 Å². The van der Waals surface area contributed by atoms with Crippen LogP contribution >= 0.6 is 0 Å². The van der Waals surface area contributed by atoms with E-state index in [1.165, 1.54) is 0 Å². The van der Waals surface area contributed by atoms with Gasteiger partial charge in [0.25, 0.3) is 0 Å². The van der Waals surface area contributed by atoms with Crippen LogP contribution in [0, 0.1) is 0 Å². The van der Waals surface area contributed by atoms with E-state index >= 15 is 0 Å². The SMILES string of the molecule is CC.CCOC(=O)N1CCOCC1C. The largest absolute Gasteiger partial charge is 0.450 e. The van der Waals surface area contributed by atoms with Crippen molar-refractivity contribution in [2.45, 2.75) is 33.7 Å². The maximum Gasteiger partial charge on any atom is 0.410 e. The molecule has 4 nitrogen and oxygen atoms in total. The zero-order valence-corrected chi connectivity index (χ0v) is 9.58. The number of ether oxygens (including phenoxy) is 2. The molecule has 0 bridgehead atoms. The third-order valence-electron chi connectivity index (χ3n) is 1.87. The molecule has 1 aliphatic heterocycles. The molecule has 0 radical (unpaired) electrons. The summed E-state index contributed by atoms with van der Waals surface area (Å²) in [6.45, 7) is 10.1. The third kappa shape index (κ3) is 3.96. The van der Waals surface area contributed by atoms with Crippen molar-refractivity contribution < 1.29 is 14.3 Å². The van der Waals surface area contributed by atoms with Gasteiger partial charge < -0.3 is 14.4 Å². The molecule has 0 aromatic rings. The van der Waals surface area contributed by atoms with Crippen LogP contribution in [0.2, 0.25) is 0 Å². The molecule has 0 aromatic carbocycles. The van der Waals surface area contributed by atoms with Gasteiger partial charge in [0.2, 0.25) is 0 Å². The van der Waals surface area contributed by atoms with E-state index in [1.54, 1.807) is 4.90 Å². The zero-order valence-electron chi connectivity index (χ0n) is 9.58. The Labute approximate surface area is 86.2 Å². The number of morpholine rings is 1. The fourth-order valence-corrected chi connectivity index (χ4v) is 1.20. The van der Waals surface area contributed by atoms with Crippen LogP contribution in [-0.2, 0) is 9.47 Å². The van der Waals surface area contributed by atoms with Gasteiger partial charge in [-0.3, -0.25) is 0 Å². The Morgan fingerprint density at radius 2 is 2.21 bits per heavy atom. The molecular weight excluding hydrogens is 182 g/mol. The third-order valence-corrected chi connectivity index (χ3v) is 1.87. The first-order chi connectivity index (χ1) is 6.75. The minimum Gasteiger partial charge on any atom is -0.450 e. The Kier molecular flexibility index (Phi) is 7.20. The van der Waals surface area contributed by atoms with E-state index in [2.05, 4.69) is 0 Å². The molecule has 14 heavy (non-hydrogen) atoms. The molecule has 1 fully saturated rings. The van der Waals surface area contributed by atoms with Gasteiger partial charge in [0.1, 0.15) is 0 Å². The molecule has 0 aliphatic carbocycles. The van der Waals surface area contributed by atoms with Gasteiger partial charge in [0, 0.05) is 6.54 Å². The number of rotatable bonds is 1. The quantitative estimate of drug-likeness (QED) is 0.653. The summed E-state index contributed by atoms with van der Waals surface area (Å²) in [6, 6.07) is 0.137. The summed E-state index contributed by atoms with van der Waals surface area (Å²) in [7, 11) is 0. The van der Waals surface area contributed by atoms with Crippen molar-refractivity contribution in [2.75, 3.05) is 26.4 Å². The van der Waals surface area contributed by atoms with Gasteiger partial charge >= 0.3 is 6.09 Å². The number of carbonyl (C=O) groups excluding carboxylic acids is 1. The Hall–Kier alpha value is -0.770. The van der Waals surface area contributed by atoms with Crippen molar-refractivity contribution in [1.29, 1.82) is 0 Å². The van der Waals surface area contributed by atoms with E-state index in [9.17, 15) is 4.79 Å². The van der Waals surface area contributed by atoms with E-state index in [1.807, 2.05) is 27.7 Å². The molecule has 0 aromatic heterocycles. The minimum atomic E-state index is -0.228. The lowest BCUT2D eigenvalue weighted by Gasteiger charge is -2.32. The standard InChI is InChI=1S/C8H15NO3.C2H6/c1-3-12-8(10)9-4-5-11-6-7(9)2;1-2/h7H,3-6H2,1-2H3;1-2H3. The molecule has 1 heterocycles. The predicted molar refractivity (Wildman–Crippen MR) is 55.4 cm³/mol. The van der Waals surface area contributed by atoms with Crippen LogP contribution in [0.5, 0.6) is 0 Å². The molecule has 0 saturated carbocycles. The lowest BCUT2D eigenvalue weighted by atomic mass is 10.3. The summed E-state index contributed by atoms with van der Waals surface area (Å²) in [5.74, 6) is 0. The highest BCUT2D eigenvalue weighted by Gasteiger charge is 2.24. The summed E-state index contributed by atoms with van der Waals surface area (Å²) in [5.41, 5.74) is 0. The van der Waals surface area contributed by atoms with Gasteiger partial charge in [-0.2, -0.15) is 0 Å². The van der Waals surface area contributed by atoms with Gasteiger partial charge in [-0.05, 0) is 13.8 Å². The fraction of sp³-hybridized carbons (Fsp3) is 0.900. The molecule has 1 aliphatic rings. The molecule has 1 rings (SSSR count). The summed E-state index contributed by atoms with van der Waals surface area (Å²) >= 11 is 0. The van der Waals surface area contributed by atoms with Crippen LogP contribution < -0.4 is 0 Å². The Balaban J connectivity index is 0.000000791. The lowest BCUT2D eigenvalue weighted by molar-refractivity contribution is -0.00202. The van der Waals surface area contributed by atoms with Crippen LogP contribution in [0.3, 0.4) is 0 Å². The average molecular weight is 203 g/mol. The van der Waals surface area contributed by atoms with Crippen molar-refractivity contribution in [1.82, 2.24) is 4.90 Å². The molecule has 0 spiro atoms. The van der Waals surface area contributed by atoms with Gasteiger partial charge in [-0.25, -0.2) is 4.79 Å². The Bertz CT molecular complexity index is 161. The van der Waals surface area contributed by atoms with Gasteiger partial charge in [-0.15, -0.1) is 0 Å². The maximum absolute atomic E-state index is 11.3. The second kappa shape index (κ2) is 7.62. The second-order valence-electron chi connectivity index (χ2n) is 2.82. The average Bonchev–Trinajstić information content (AvgIpc) is 2.22. The number of hydrogen-bond donors (Lipinski definition) is 0. The molecule has 1 saturated heterocycles. The van der Waals surface area contributed by atoms with Crippen LogP contribution in [0.15, 0.2) is 0 Å². The summed E-state index contributed by atoms with van der Waals surface area (Å²) in [5, 5.41) is 0. The first-order valence-electron chi connectivity index (χ1n) is 5.27. The van der Waals surface area contributed by atoms with Crippen molar-refractivity contribution in [2.24, 2.45) is 0 Å². The summed E-state index contributed by atoms with van der Waals surface area (Å²) in [6.07, 6.45) is -0.228. The monoisotopic (exact) mass is 203 g/mol. The van der Waals surface area contributed by atoms with E-state index in [0.29, 0.717) is 26.4 Å². The molecule has 4 heteroatoms. The van der Waals surface area contributed by atoms with Crippen molar-refractivity contribution in [3.63, 3.8) is 0 Å². The first-order valence-corrected chi connectivity index (χ1v) is 5.27. The first kappa shape index (κ1) is 13.2. The second-order valence-corrected chi connectivity index (χ2v) is 2.82. The number of amides is 1. The zero-order chi connectivity index (χ0) is 11.0. The normalized spacial score (nSPS) is 20.9. The van der Waals surface area contributed by atoms with E-state index < -0.39 is 0 Å². The Morgan fingerprint density at radius 1 is 1.57 bits per heavy atom. The molecule has 1 unspecified atom stereocenters. The van der Waals surface area contributed by atoms with E-state index in [-0.39, 0.29) is 12.1 Å². The maximum atomic E-state index is 11.3. The van der Waals surface area contributed by atoms with Crippen LogP contribution in [0.25, 0.3) is 0 Å². The Morgan fingerprint density at radius 3 is 2.71 bits per heavy atom. The van der Waals surface area contributed by atoms with Gasteiger partial charge in [0.05, 0.1) is 25.9 Å². The van der Waals surface area contributed by atoms with Crippen molar-refractivity contribution >= 4 is 6.09 Å². The molecule has 1 amide bonds. The molecular formula is C10H21NO3. The van der Waals surface area contributed by atoms with Crippen molar-refractivity contribution in [3.05, 3.63) is 0 Å². The predicted octanol–water partition coefficient (Wildman–Crippen LogP) is 1.89. The van der Waals surface area contributed by atoms with E-state index in [4.69, 9.17) is 9.47 Å². The summed E-state index contributed by atoms with van der Waals surface area (Å²) in [4.78, 5) is 13.0. The smallest absolute Gasteiger partial charge is 0.410 e. The van der Waals surface area contributed by atoms with Crippen LogP contribution in [-0.4, -0.2) is 43.4 Å².